The van der Waals surface area contributed by atoms with Crippen LogP contribution < -0.4 is 5.73 Å². The van der Waals surface area contributed by atoms with Crippen LogP contribution in [0, 0.1) is 18.3 Å². The van der Waals surface area contributed by atoms with Gasteiger partial charge in [0.05, 0.1) is 5.60 Å². The molecule has 3 unspecified atom stereocenters. The standard InChI is InChI=1S/C14H25NO/c1-4-5-6-9-13(15)14(16-3)10-7-8-12(2)11-14/h1,12-13H,5-11,15H2,2-3H3. The maximum absolute atomic E-state index is 6.30. The molecule has 2 N–H and O–H groups in total. The molecule has 1 aliphatic carbocycles. The third-order valence-corrected chi connectivity index (χ3v) is 3.91. The van der Waals surface area contributed by atoms with Gasteiger partial charge in [-0.2, -0.15) is 0 Å². The summed E-state index contributed by atoms with van der Waals surface area (Å²) < 4.78 is 5.77. The molecule has 0 amide bonds. The van der Waals surface area contributed by atoms with Crippen molar-refractivity contribution in [1.82, 2.24) is 0 Å². The molecule has 0 radical (unpaired) electrons. The highest BCUT2D eigenvalue weighted by Crippen LogP contribution is 2.37. The van der Waals surface area contributed by atoms with Crippen molar-refractivity contribution in [2.24, 2.45) is 11.7 Å². The molecule has 1 aliphatic rings. The molecule has 1 fully saturated rings. The molecule has 2 heteroatoms. The lowest BCUT2D eigenvalue weighted by Crippen LogP contribution is -2.52. The van der Waals surface area contributed by atoms with Crippen LogP contribution in [0.15, 0.2) is 0 Å². The van der Waals surface area contributed by atoms with Crippen molar-refractivity contribution in [3.63, 3.8) is 0 Å². The number of hydrogen-bond donors (Lipinski definition) is 1. The average molecular weight is 223 g/mol. The van der Waals surface area contributed by atoms with Crippen molar-refractivity contribution < 1.29 is 4.74 Å². The van der Waals surface area contributed by atoms with Crippen molar-refractivity contribution in [2.75, 3.05) is 7.11 Å². The normalized spacial score (nSPS) is 32.0. The third kappa shape index (κ3) is 3.23. The Labute approximate surface area is 99.9 Å². The monoisotopic (exact) mass is 223 g/mol. The first-order chi connectivity index (χ1) is 7.64. The van der Waals surface area contributed by atoms with E-state index in [0.717, 1.165) is 38.0 Å². The van der Waals surface area contributed by atoms with E-state index in [0.29, 0.717) is 0 Å². The summed E-state index contributed by atoms with van der Waals surface area (Å²) in [4.78, 5) is 0. The lowest BCUT2D eigenvalue weighted by atomic mass is 9.73. The zero-order valence-corrected chi connectivity index (χ0v) is 10.7. The zero-order chi connectivity index (χ0) is 12.0. The Balaban J connectivity index is 2.53. The molecule has 0 saturated heterocycles. The van der Waals surface area contributed by atoms with Crippen molar-refractivity contribution in [3.05, 3.63) is 0 Å². The van der Waals surface area contributed by atoms with Gasteiger partial charge < -0.3 is 10.5 Å². The van der Waals surface area contributed by atoms with Gasteiger partial charge in [0.15, 0.2) is 0 Å². The molecule has 0 aromatic heterocycles. The van der Waals surface area contributed by atoms with Crippen LogP contribution in [0.3, 0.4) is 0 Å². The average Bonchev–Trinajstić information content (AvgIpc) is 2.29. The quantitative estimate of drug-likeness (QED) is 0.574. The van der Waals surface area contributed by atoms with Gasteiger partial charge in [-0.1, -0.05) is 19.8 Å². The molecule has 0 aliphatic heterocycles. The Kier molecular flexibility index (Phi) is 5.31. The Morgan fingerprint density at radius 1 is 1.62 bits per heavy atom. The van der Waals surface area contributed by atoms with Gasteiger partial charge in [-0.15, -0.1) is 12.3 Å². The largest absolute Gasteiger partial charge is 0.377 e. The van der Waals surface area contributed by atoms with E-state index in [1.807, 2.05) is 0 Å². The van der Waals surface area contributed by atoms with Gasteiger partial charge in [-0.25, -0.2) is 0 Å². The first-order valence-corrected chi connectivity index (χ1v) is 6.39. The predicted molar refractivity (Wildman–Crippen MR) is 68.0 cm³/mol. The molecule has 92 valence electrons. The van der Waals surface area contributed by atoms with E-state index in [1.54, 1.807) is 7.11 Å². The Morgan fingerprint density at radius 2 is 2.38 bits per heavy atom. The number of hydrogen-bond acceptors (Lipinski definition) is 2. The zero-order valence-electron chi connectivity index (χ0n) is 10.7. The lowest BCUT2D eigenvalue weighted by Gasteiger charge is -2.43. The second-order valence-electron chi connectivity index (χ2n) is 5.17. The molecule has 0 aromatic carbocycles. The molecule has 2 nitrogen and oxygen atoms in total. The summed E-state index contributed by atoms with van der Waals surface area (Å²) in [5.41, 5.74) is 6.21. The molecular formula is C14H25NO. The van der Waals surface area contributed by atoms with Crippen LogP contribution in [0.2, 0.25) is 0 Å². The van der Waals surface area contributed by atoms with Gasteiger partial charge in [-0.3, -0.25) is 0 Å². The van der Waals surface area contributed by atoms with Gasteiger partial charge in [0.25, 0.3) is 0 Å². The number of terminal acetylenes is 1. The molecule has 0 heterocycles. The highest BCUT2D eigenvalue weighted by molar-refractivity contribution is 4.96. The minimum Gasteiger partial charge on any atom is -0.377 e. The molecule has 0 aromatic rings. The smallest absolute Gasteiger partial charge is 0.0831 e. The third-order valence-electron chi connectivity index (χ3n) is 3.91. The highest BCUT2D eigenvalue weighted by atomic mass is 16.5. The maximum atomic E-state index is 6.30. The second kappa shape index (κ2) is 6.27. The van der Waals surface area contributed by atoms with E-state index in [-0.39, 0.29) is 11.6 Å². The Hall–Kier alpha value is -0.520. The summed E-state index contributed by atoms with van der Waals surface area (Å²) >= 11 is 0. The van der Waals surface area contributed by atoms with Crippen LogP contribution in [0.25, 0.3) is 0 Å². The fraction of sp³-hybridized carbons (Fsp3) is 0.857. The van der Waals surface area contributed by atoms with Crippen molar-refractivity contribution in [1.29, 1.82) is 0 Å². The van der Waals surface area contributed by atoms with E-state index in [1.165, 1.54) is 12.8 Å². The number of rotatable bonds is 5. The van der Waals surface area contributed by atoms with Gasteiger partial charge in [0, 0.05) is 19.6 Å². The number of unbranched alkanes of at least 4 members (excludes halogenated alkanes) is 1. The molecule has 0 spiro atoms. The van der Waals surface area contributed by atoms with Crippen LogP contribution in [0.1, 0.15) is 51.9 Å². The fourth-order valence-corrected chi connectivity index (χ4v) is 2.90. The van der Waals surface area contributed by atoms with Crippen LogP contribution in [0.5, 0.6) is 0 Å². The van der Waals surface area contributed by atoms with Crippen molar-refractivity contribution >= 4 is 0 Å². The van der Waals surface area contributed by atoms with Crippen LogP contribution in [0.4, 0.5) is 0 Å². The summed E-state index contributed by atoms with van der Waals surface area (Å²) in [7, 11) is 1.80. The highest BCUT2D eigenvalue weighted by Gasteiger charge is 2.39. The summed E-state index contributed by atoms with van der Waals surface area (Å²) in [6, 6.07) is 0.133. The van der Waals surface area contributed by atoms with Gasteiger partial charge >= 0.3 is 0 Å². The summed E-state index contributed by atoms with van der Waals surface area (Å²) in [5.74, 6) is 3.40. The van der Waals surface area contributed by atoms with E-state index in [9.17, 15) is 0 Å². The number of nitrogens with two attached hydrogens (primary N) is 1. The van der Waals surface area contributed by atoms with E-state index in [2.05, 4.69) is 12.8 Å². The molecule has 3 atom stereocenters. The van der Waals surface area contributed by atoms with E-state index in [4.69, 9.17) is 16.9 Å². The van der Waals surface area contributed by atoms with Gasteiger partial charge in [-0.05, 0) is 31.6 Å². The summed E-state index contributed by atoms with van der Waals surface area (Å²) in [5, 5.41) is 0. The van der Waals surface area contributed by atoms with Crippen molar-refractivity contribution in [3.8, 4) is 12.3 Å². The van der Waals surface area contributed by atoms with Crippen LogP contribution in [-0.2, 0) is 4.74 Å². The first kappa shape index (κ1) is 13.5. The first-order valence-electron chi connectivity index (χ1n) is 6.39. The minimum absolute atomic E-state index is 0.0910. The molecule has 1 saturated carbocycles. The van der Waals surface area contributed by atoms with Crippen LogP contribution in [-0.4, -0.2) is 18.8 Å². The van der Waals surface area contributed by atoms with Crippen LogP contribution >= 0.6 is 0 Å². The predicted octanol–water partition coefficient (Wildman–Crippen LogP) is 2.71. The molecule has 16 heavy (non-hydrogen) atoms. The Morgan fingerprint density at radius 3 is 2.94 bits per heavy atom. The SMILES string of the molecule is C#CCCCC(N)C1(OC)CCCC(C)C1. The molecule has 0 bridgehead atoms. The minimum atomic E-state index is -0.0910. The van der Waals surface area contributed by atoms with E-state index < -0.39 is 0 Å². The van der Waals surface area contributed by atoms with E-state index >= 15 is 0 Å². The topological polar surface area (TPSA) is 35.2 Å². The number of methoxy groups -OCH3 is 1. The maximum Gasteiger partial charge on any atom is 0.0831 e. The number of ether oxygens (including phenoxy) is 1. The summed E-state index contributed by atoms with van der Waals surface area (Å²) in [6.07, 6.45) is 12.8. The lowest BCUT2D eigenvalue weighted by molar-refractivity contribution is -0.0724. The van der Waals surface area contributed by atoms with Gasteiger partial charge in [0.2, 0.25) is 0 Å². The van der Waals surface area contributed by atoms with Gasteiger partial charge in [0.1, 0.15) is 0 Å². The molecule has 1 rings (SSSR count). The molecular weight excluding hydrogens is 198 g/mol. The Bertz CT molecular complexity index is 246. The fourth-order valence-electron chi connectivity index (χ4n) is 2.90. The second-order valence-corrected chi connectivity index (χ2v) is 5.17. The van der Waals surface area contributed by atoms with Crippen molar-refractivity contribution in [2.45, 2.75) is 63.5 Å². The summed E-state index contributed by atoms with van der Waals surface area (Å²) in [6.45, 7) is 2.29.